The highest BCUT2D eigenvalue weighted by Crippen LogP contribution is 2.26. The summed E-state index contributed by atoms with van der Waals surface area (Å²) in [6, 6.07) is 3.35. The van der Waals surface area contributed by atoms with Gasteiger partial charge in [0.15, 0.2) is 0 Å². The van der Waals surface area contributed by atoms with E-state index in [2.05, 4.69) is 12.2 Å². The molecule has 2 rings (SSSR count). The minimum Gasteiger partial charge on any atom is -0.380 e. The number of ether oxygens (including phenoxy) is 1. The minimum absolute atomic E-state index is 0.204. The van der Waals surface area contributed by atoms with Crippen molar-refractivity contribution in [3.8, 4) is 0 Å². The van der Waals surface area contributed by atoms with E-state index >= 15 is 0 Å². The topological polar surface area (TPSA) is 64.4 Å². The fourth-order valence-electron chi connectivity index (χ4n) is 1.60. The van der Waals surface area contributed by atoms with Crippen molar-refractivity contribution in [1.29, 1.82) is 0 Å². The fourth-order valence-corrected chi connectivity index (χ4v) is 2.39. The second-order valence-electron chi connectivity index (χ2n) is 4.40. The van der Waals surface area contributed by atoms with Crippen molar-refractivity contribution in [1.82, 2.24) is 5.32 Å². The molecule has 0 aliphatic carbocycles. The summed E-state index contributed by atoms with van der Waals surface area (Å²) in [5.74, 6) is 0. The molecule has 0 amide bonds. The number of thiophene rings is 1. The van der Waals surface area contributed by atoms with Gasteiger partial charge in [0.25, 0.3) is 0 Å². The third-order valence-corrected chi connectivity index (χ3v) is 3.62. The lowest BCUT2D eigenvalue weighted by atomic mass is 9.89. The lowest BCUT2D eigenvalue weighted by Gasteiger charge is -2.38. The SMILES string of the molecule is CC1(CNCc2ccc([N+](=O)[O-])s2)COC1. The Labute approximate surface area is 97.6 Å². The molecular formula is C10H14N2O3S. The van der Waals surface area contributed by atoms with Gasteiger partial charge in [-0.15, -0.1) is 0 Å². The van der Waals surface area contributed by atoms with Crippen molar-refractivity contribution in [2.45, 2.75) is 13.5 Å². The third kappa shape index (κ3) is 2.58. The lowest BCUT2D eigenvalue weighted by Crippen LogP contribution is -2.47. The van der Waals surface area contributed by atoms with E-state index in [-0.39, 0.29) is 15.3 Å². The zero-order chi connectivity index (χ0) is 11.6. The Kier molecular flexibility index (Phi) is 3.22. The predicted molar refractivity (Wildman–Crippen MR) is 61.6 cm³/mol. The standard InChI is InChI=1S/C10H14N2O3S/c1-10(6-15-7-10)5-11-4-8-2-3-9(16-8)12(13)14/h2-3,11H,4-7H2,1H3. The van der Waals surface area contributed by atoms with Gasteiger partial charge in [-0.05, 0) is 6.07 Å². The largest absolute Gasteiger partial charge is 0.380 e. The molecule has 0 unspecified atom stereocenters. The van der Waals surface area contributed by atoms with Crippen LogP contribution in [0.4, 0.5) is 5.00 Å². The van der Waals surface area contributed by atoms with E-state index in [9.17, 15) is 10.1 Å². The Morgan fingerprint density at radius 3 is 2.88 bits per heavy atom. The van der Waals surface area contributed by atoms with Crippen LogP contribution in [0, 0.1) is 15.5 Å². The number of rotatable bonds is 5. The summed E-state index contributed by atoms with van der Waals surface area (Å²) in [6.45, 7) is 5.34. The molecule has 1 N–H and O–H groups in total. The molecule has 5 nitrogen and oxygen atoms in total. The Balaban J connectivity index is 1.78. The van der Waals surface area contributed by atoms with Crippen LogP contribution in [-0.2, 0) is 11.3 Å². The zero-order valence-electron chi connectivity index (χ0n) is 9.06. The smallest absolute Gasteiger partial charge is 0.324 e. The highest BCUT2D eigenvalue weighted by Gasteiger charge is 2.32. The molecule has 1 aliphatic rings. The summed E-state index contributed by atoms with van der Waals surface area (Å²) in [7, 11) is 0. The van der Waals surface area contributed by atoms with E-state index in [1.165, 1.54) is 11.3 Å². The quantitative estimate of drug-likeness (QED) is 0.631. The predicted octanol–water partition coefficient (Wildman–Crippen LogP) is 1.78. The van der Waals surface area contributed by atoms with Gasteiger partial charge in [0, 0.05) is 29.4 Å². The average Bonchev–Trinajstić information content (AvgIpc) is 2.64. The van der Waals surface area contributed by atoms with Gasteiger partial charge in [-0.25, -0.2) is 0 Å². The minimum atomic E-state index is -0.352. The molecule has 0 bridgehead atoms. The third-order valence-electron chi connectivity index (χ3n) is 2.58. The van der Waals surface area contributed by atoms with Crippen molar-refractivity contribution < 1.29 is 9.66 Å². The van der Waals surface area contributed by atoms with Crippen LogP contribution in [0.5, 0.6) is 0 Å². The zero-order valence-corrected chi connectivity index (χ0v) is 9.88. The van der Waals surface area contributed by atoms with Gasteiger partial charge in [0.2, 0.25) is 0 Å². The number of nitrogens with one attached hydrogen (secondary N) is 1. The second kappa shape index (κ2) is 4.48. The van der Waals surface area contributed by atoms with E-state index in [1.807, 2.05) is 0 Å². The number of hydrogen-bond acceptors (Lipinski definition) is 5. The van der Waals surface area contributed by atoms with Crippen LogP contribution < -0.4 is 5.32 Å². The summed E-state index contributed by atoms with van der Waals surface area (Å²) < 4.78 is 5.15. The molecule has 88 valence electrons. The first-order chi connectivity index (χ1) is 7.59. The molecule has 1 aromatic heterocycles. The van der Waals surface area contributed by atoms with E-state index in [0.717, 1.165) is 24.6 Å². The molecule has 0 spiro atoms. The number of nitrogens with zero attached hydrogens (tertiary/aromatic N) is 1. The molecule has 0 atom stereocenters. The molecular weight excluding hydrogens is 228 g/mol. The first-order valence-electron chi connectivity index (χ1n) is 5.11. The summed E-state index contributed by atoms with van der Waals surface area (Å²) in [6.07, 6.45) is 0. The first kappa shape index (κ1) is 11.5. The van der Waals surface area contributed by atoms with Crippen molar-refractivity contribution in [3.63, 3.8) is 0 Å². The lowest BCUT2D eigenvalue weighted by molar-refractivity contribution is -0.380. The van der Waals surface area contributed by atoms with Crippen LogP contribution in [0.2, 0.25) is 0 Å². The molecule has 0 radical (unpaired) electrons. The molecule has 1 aromatic rings. The summed E-state index contributed by atoms with van der Waals surface area (Å²) >= 11 is 1.22. The molecule has 0 aromatic carbocycles. The van der Waals surface area contributed by atoms with Crippen molar-refractivity contribution in [2.24, 2.45) is 5.41 Å². The Hall–Kier alpha value is -0.980. The fraction of sp³-hybridized carbons (Fsp3) is 0.600. The van der Waals surface area contributed by atoms with Gasteiger partial charge in [-0.3, -0.25) is 10.1 Å². The highest BCUT2D eigenvalue weighted by atomic mass is 32.1. The van der Waals surface area contributed by atoms with Crippen LogP contribution in [0.3, 0.4) is 0 Å². The monoisotopic (exact) mass is 242 g/mol. The van der Waals surface area contributed by atoms with Crippen LogP contribution in [-0.4, -0.2) is 24.7 Å². The molecule has 1 fully saturated rings. The van der Waals surface area contributed by atoms with Crippen molar-refractivity contribution in [2.75, 3.05) is 19.8 Å². The number of hydrogen-bond donors (Lipinski definition) is 1. The Morgan fingerprint density at radius 2 is 2.38 bits per heavy atom. The highest BCUT2D eigenvalue weighted by molar-refractivity contribution is 7.15. The van der Waals surface area contributed by atoms with E-state index in [0.29, 0.717) is 6.54 Å². The molecule has 1 aliphatic heterocycles. The van der Waals surface area contributed by atoms with Gasteiger partial charge in [0.1, 0.15) is 0 Å². The molecule has 16 heavy (non-hydrogen) atoms. The van der Waals surface area contributed by atoms with Gasteiger partial charge in [-0.2, -0.15) is 0 Å². The van der Waals surface area contributed by atoms with Crippen LogP contribution in [0.1, 0.15) is 11.8 Å². The first-order valence-corrected chi connectivity index (χ1v) is 5.92. The van der Waals surface area contributed by atoms with Crippen LogP contribution >= 0.6 is 11.3 Å². The Bertz CT molecular complexity index is 387. The van der Waals surface area contributed by atoms with Gasteiger partial charge in [-0.1, -0.05) is 18.3 Å². The van der Waals surface area contributed by atoms with Gasteiger partial charge in [0.05, 0.1) is 18.1 Å². The van der Waals surface area contributed by atoms with Gasteiger partial charge < -0.3 is 10.1 Å². The summed E-state index contributed by atoms with van der Waals surface area (Å²) in [5.41, 5.74) is 0.239. The summed E-state index contributed by atoms with van der Waals surface area (Å²) in [4.78, 5) is 11.1. The Morgan fingerprint density at radius 1 is 1.62 bits per heavy atom. The molecule has 1 saturated heterocycles. The molecule has 2 heterocycles. The average molecular weight is 242 g/mol. The van der Waals surface area contributed by atoms with E-state index < -0.39 is 0 Å². The molecule has 6 heteroatoms. The maximum absolute atomic E-state index is 10.5. The van der Waals surface area contributed by atoms with Crippen molar-refractivity contribution >= 4 is 16.3 Å². The van der Waals surface area contributed by atoms with E-state index in [1.54, 1.807) is 12.1 Å². The maximum atomic E-state index is 10.5. The normalized spacial score (nSPS) is 18.1. The second-order valence-corrected chi connectivity index (χ2v) is 5.55. The van der Waals surface area contributed by atoms with Crippen molar-refractivity contribution in [3.05, 3.63) is 27.1 Å². The van der Waals surface area contributed by atoms with E-state index in [4.69, 9.17) is 4.74 Å². The number of nitro groups is 1. The molecule has 0 saturated carbocycles. The van der Waals surface area contributed by atoms with Crippen LogP contribution in [0.15, 0.2) is 12.1 Å². The maximum Gasteiger partial charge on any atom is 0.324 e. The van der Waals surface area contributed by atoms with Crippen LogP contribution in [0.25, 0.3) is 0 Å². The summed E-state index contributed by atoms with van der Waals surface area (Å²) in [5, 5.41) is 14.0. The van der Waals surface area contributed by atoms with Gasteiger partial charge >= 0.3 is 5.00 Å².